The molecule has 4 nitrogen and oxygen atoms in total. The lowest BCUT2D eigenvalue weighted by Crippen LogP contribution is -2.45. The molecule has 0 spiro atoms. The van der Waals surface area contributed by atoms with Crippen molar-refractivity contribution in [3.63, 3.8) is 0 Å². The summed E-state index contributed by atoms with van der Waals surface area (Å²) in [7, 11) is 1.84. The molecular weight excluding hydrogens is 202 g/mol. The Morgan fingerprint density at radius 2 is 1.75 bits per heavy atom. The van der Waals surface area contributed by atoms with Gasteiger partial charge in [-0.05, 0) is 26.9 Å². The van der Waals surface area contributed by atoms with Crippen molar-refractivity contribution in [1.29, 1.82) is 0 Å². The summed E-state index contributed by atoms with van der Waals surface area (Å²) in [5, 5.41) is 3.26. The second-order valence-corrected chi connectivity index (χ2v) is 4.06. The molecule has 0 aromatic rings. The number of likely N-dealkylation sites (N-methyl/N-ethyl adjacent to an activating group) is 2. The topological polar surface area (TPSA) is 35.6 Å². The van der Waals surface area contributed by atoms with Gasteiger partial charge in [-0.15, -0.1) is 0 Å². The highest BCUT2D eigenvalue weighted by molar-refractivity contribution is 5.81. The molecule has 0 fully saturated rings. The van der Waals surface area contributed by atoms with Gasteiger partial charge in [-0.25, -0.2) is 0 Å². The van der Waals surface area contributed by atoms with E-state index in [1.54, 1.807) is 4.90 Å². The van der Waals surface area contributed by atoms with E-state index in [1.807, 2.05) is 20.9 Å². The van der Waals surface area contributed by atoms with Gasteiger partial charge in [0.05, 0.1) is 6.04 Å². The van der Waals surface area contributed by atoms with Crippen LogP contribution in [0.1, 0.15) is 27.7 Å². The highest BCUT2D eigenvalue weighted by Gasteiger charge is 2.15. The second-order valence-electron chi connectivity index (χ2n) is 4.06. The first kappa shape index (κ1) is 15.4. The van der Waals surface area contributed by atoms with Crippen molar-refractivity contribution >= 4 is 5.91 Å². The van der Waals surface area contributed by atoms with Crippen molar-refractivity contribution in [2.75, 3.05) is 39.8 Å². The van der Waals surface area contributed by atoms with Crippen molar-refractivity contribution in [2.24, 2.45) is 0 Å². The largest absolute Gasteiger partial charge is 0.345 e. The van der Waals surface area contributed by atoms with E-state index in [4.69, 9.17) is 0 Å². The SMILES string of the molecule is CCN(CC)CCNC(C)C(=O)N(C)CC. The molecule has 0 rings (SSSR count). The van der Waals surface area contributed by atoms with Crippen molar-refractivity contribution in [2.45, 2.75) is 33.7 Å². The van der Waals surface area contributed by atoms with Crippen LogP contribution in [-0.4, -0.2) is 61.5 Å². The zero-order valence-electron chi connectivity index (χ0n) is 11.4. The second kappa shape index (κ2) is 8.53. The molecular formula is C12H27N3O. The minimum atomic E-state index is -0.0829. The fraction of sp³-hybridized carbons (Fsp3) is 0.917. The standard InChI is InChI=1S/C12H27N3O/c1-6-14(5)12(16)11(4)13-9-10-15(7-2)8-3/h11,13H,6-10H2,1-5H3. The molecule has 16 heavy (non-hydrogen) atoms. The lowest BCUT2D eigenvalue weighted by Gasteiger charge is -2.23. The molecule has 0 radical (unpaired) electrons. The molecule has 0 aliphatic rings. The summed E-state index contributed by atoms with van der Waals surface area (Å²) in [6, 6.07) is -0.0829. The first-order valence-corrected chi connectivity index (χ1v) is 6.27. The van der Waals surface area contributed by atoms with Crippen LogP contribution in [0.5, 0.6) is 0 Å². The summed E-state index contributed by atoms with van der Waals surface area (Å²) in [5.41, 5.74) is 0. The third-order valence-electron chi connectivity index (χ3n) is 2.99. The Bertz CT molecular complexity index is 193. The predicted octanol–water partition coefficient (Wildman–Crippen LogP) is 0.785. The highest BCUT2D eigenvalue weighted by atomic mass is 16.2. The maximum Gasteiger partial charge on any atom is 0.239 e. The van der Waals surface area contributed by atoms with Crippen LogP contribution in [-0.2, 0) is 4.79 Å². The minimum Gasteiger partial charge on any atom is -0.345 e. The number of nitrogens with zero attached hydrogens (tertiary/aromatic N) is 2. The van der Waals surface area contributed by atoms with E-state index < -0.39 is 0 Å². The average molecular weight is 229 g/mol. The fourth-order valence-corrected chi connectivity index (χ4v) is 1.55. The number of carbonyl (C=O) groups excluding carboxylic acids is 1. The molecule has 0 saturated carbocycles. The number of hydrogen-bond donors (Lipinski definition) is 1. The normalized spacial score (nSPS) is 12.9. The molecule has 0 bridgehead atoms. The van der Waals surface area contributed by atoms with Gasteiger partial charge in [0.2, 0.25) is 5.91 Å². The summed E-state index contributed by atoms with van der Waals surface area (Å²) >= 11 is 0. The van der Waals surface area contributed by atoms with Crippen LogP contribution in [0.2, 0.25) is 0 Å². The van der Waals surface area contributed by atoms with Crippen LogP contribution in [0.4, 0.5) is 0 Å². The van der Waals surface area contributed by atoms with Gasteiger partial charge in [0.15, 0.2) is 0 Å². The maximum atomic E-state index is 11.7. The van der Waals surface area contributed by atoms with Gasteiger partial charge in [0, 0.05) is 26.7 Å². The lowest BCUT2D eigenvalue weighted by molar-refractivity contribution is -0.131. The smallest absolute Gasteiger partial charge is 0.239 e. The van der Waals surface area contributed by atoms with E-state index in [1.165, 1.54) is 0 Å². The molecule has 0 aromatic heterocycles. The van der Waals surface area contributed by atoms with Gasteiger partial charge in [0.1, 0.15) is 0 Å². The summed E-state index contributed by atoms with van der Waals surface area (Å²) in [4.78, 5) is 15.8. The molecule has 0 heterocycles. The number of rotatable bonds is 8. The van der Waals surface area contributed by atoms with E-state index in [2.05, 4.69) is 24.1 Å². The quantitative estimate of drug-likeness (QED) is 0.668. The molecule has 1 atom stereocenters. The fourth-order valence-electron chi connectivity index (χ4n) is 1.55. The van der Waals surface area contributed by atoms with Gasteiger partial charge in [-0.2, -0.15) is 0 Å². The summed E-state index contributed by atoms with van der Waals surface area (Å²) in [5.74, 6) is 0.169. The summed E-state index contributed by atoms with van der Waals surface area (Å²) in [6.07, 6.45) is 0. The Morgan fingerprint density at radius 1 is 1.19 bits per heavy atom. The van der Waals surface area contributed by atoms with E-state index in [0.29, 0.717) is 0 Å². The van der Waals surface area contributed by atoms with Gasteiger partial charge < -0.3 is 15.1 Å². The first-order valence-electron chi connectivity index (χ1n) is 6.27. The molecule has 4 heteroatoms. The van der Waals surface area contributed by atoms with Crippen molar-refractivity contribution in [1.82, 2.24) is 15.1 Å². The zero-order valence-corrected chi connectivity index (χ0v) is 11.4. The molecule has 0 aliphatic heterocycles. The molecule has 0 saturated heterocycles. The van der Waals surface area contributed by atoms with Crippen LogP contribution in [0.15, 0.2) is 0 Å². The van der Waals surface area contributed by atoms with Crippen molar-refractivity contribution < 1.29 is 4.79 Å². The van der Waals surface area contributed by atoms with Crippen LogP contribution < -0.4 is 5.32 Å². The van der Waals surface area contributed by atoms with Crippen LogP contribution in [0.3, 0.4) is 0 Å². The predicted molar refractivity (Wildman–Crippen MR) is 68.6 cm³/mol. The zero-order chi connectivity index (χ0) is 12.6. The molecule has 0 aromatic carbocycles. The van der Waals surface area contributed by atoms with Crippen LogP contribution >= 0.6 is 0 Å². The summed E-state index contributed by atoms with van der Waals surface area (Å²) < 4.78 is 0. The van der Waals surface area contributed by atoms with Crippen molar-refractivity contribution in [3.8, 4) is 0 Å². The van der Waals surface area contributed by atoms with E-state index >= 15 is 0 Å². The molecule has 1 N–H and O–H groups in total. The van der Waals surface area contributed by atoms with Crippen LogP contribution in [0, 0.1) is 0 Å². The number of nitrogens with one attached hydrogen (secondary N) is 1. The Morgan fingerprint density at radius 3 is 2.19 bits per heavy atom. The Kier molecular flexibility index (Phi) is 8.21. The van der Waals surface area contributed by atoms with Gasteiger partial charge in [0.25, 0.3) is 0 Å². The van der Waals surface area contributed by atoms with E-state index in [9.17, 15) is 4.79 Å². The minimum absolute atomic E-state index is 0.0829. The Balaban J connectivity index is 3.80. The van der Waals surface area contributed by atoms with Gasteiger partial charge in [-0.3, -0.25) is 4.79 Å². The van der Waals surface area contributed by atoms with Gasteiger partial charge >= 0.3 is 0 Å². The van der Waals surface area contributed by atoms with Crippen LogP contribution in [0.25, 0.3) is 0 Å². The Hall–Kier alpha value is -0.610. The maximum absolute atomic E-state index is 11.7. The third-order valence-corrected chi connectivity index (χ3v) is 2.99. The van der Waals surface area contributed by atoms with E-state index in [0.717, 1.165) is 32.7 Å². The molecule has 96 valence electrons. The Labute approximate surface area is 100.0 Å². The lowest BCUT2D eigenvalue weighted by atomic mass is 10.3. The monoisotopic (exact) mass is 229 g/mol. The average Bonchev–Trinajstić information content (AvgIpc) is 2.32. The highest BCUT2D eigenvalue weighted by Crippen LogP contribution is 1.92. The first-order chi connectivity index (χ1) is 7.56. The molecule has 1 unspecified atom stereocenters. The van der Waals surface area contributed by atoms with E-state index in [-0.39, 0.29) is 11.9 Å². The third kappa shape index (κ3) is 5.47. The summed E-state index contributed by atoms with van der Waals surface area (Å²) in [6.45, 7) is 13.0. The van der Waals surface area contributed by atoms with Gasteiger partial charge in [-0.1, -0.05) is 13.8 Å². The number of hydrogen-bond acceptors (Lipinski definition) is 3. The number of amides is 1. The molecule has 1 amide bonds. The number of carbonyl (C=O) groups is 1. The van der Waals surface area contributed by atoms with Crippen molar-refractivity contribution in [3.05, 3.63) is 0 Å². The molecule has 0 aliphatic carbocycles.